The van der Waals surface area contributed by atoms with Gasteiger partial charge in [-0.2, -0.15) is 0 Å². The minimum absolute atomic E-state index is 0.271. The molecule has 76 valence electrons. The van der Waals surface area contributed by atoms with Gasteiger partial charge in [0.15, 0.2) is 0 Å². The summed E-state index contributed by atoms with van der Waals surface area (Å²) in [5, 5.41) is 0. The summed E-state index contributed by atoms with van der Waals surface area (Å²) in [6, 6.07) is 0.271. The third-order valence-electron chi connectivity index (χ3n) is 2.15. The Labute approximate surface area is 80.6 Å². The predicted octanol–water partition coefficient (Wildman–Crippen LogP) is 1.15. The van der Waals surface area contributed by atoms with Crippen molar-refractivity contribution < 1.29 is 4.79 Å². The molecule has 1 atom stereocenters. The van der Waals surface area contributed by atoms with Crippen LogP contribution in [0.3, 0.4) is 0 Å². The van der Waals surface area contributed by atoms with Crippen LogP contribution < -0.4 is 5.73 Å². The van der Waals surface area contributed by atoms with Gasteiger partial charge < -0.3 is 10.6 Å². The Balaban J connectivity index is 4.19. The van der Waals surface area contributed by atoms with E-state index in [0.717, 1.165) is 13.0 Å². The number of rotatable bonds is 5. The SMILES string of the molecule is CCCN(C)C(C)/C=C(\C)C(N)=O. The molecule has 0 rings (SSSR count). The summed E-state index contributed by atoms with van der Waals surface area (Å²) in [6.07, 6.45) is 3.02. The molecule has 0 aromatic rings. The van der Waals surface area contributed by atoms with Crippen molar-refractivity contribution in [3.05, 3.63) is 11.6 Å². The van der Waals surface area contributed by atoms with Gasteiger partial charge in [-0.1, -0.05) is 13.0 Å². The fraction of sp³-hybridized carbons (Fsp3) is 0.700. The minimum Gasteiger partial charge on any atom is -0.366 e. The second-order valence-corrected chi connectivity index (χ2v) is 3.44. The predicted molar refractivity (Wildman–Crippen MR) is 55.3 cm³/mol. The highest BCUT2D eigenvalue weighted by atomic mass is 16.1. The largest absolute Gasteiger partial charge is 0.366 e. The summed E-state index contributed by atoms with van der Waals surface area (Å²) in [7, 11) is 2.04. The van der Waals surface area contributed by atoms with Gasteiger partial charge in [0.25, 0.3) is 0 Å². The summed E-state index contributed by atoms with van der Waals surface area (Å²) in [5.41, 5.74) is 5.77. The van der Waals surface area contributed by atoms with Gasteiger partial charge in [0.2, 0.25) is 5.91 Å². The maximum atomic E-state index is 10.8. The molecular weight excluding hydrogens is 164 g/mol. The van der Waals surface area contributed by atoms with Crippen molar-refractivity contribution >= 4 is 5.91 Å². The Morgan fingerprint density at radius 3 is 2.54 bits per heavy atom. The average molecular weight is 184 g/mol. The fourth-order valence-electron chi connectivity index (χ4n) is 1.13. The highest BCUT2D eigenvalue weighted by Gasteiger charge is 2.06. The van der Waals surface area contributed by atoms with Crippen molar-refractivity contribution in [2.75, 3.05) is 13.6 Å². The lowest BCUT2D eigenvalue weighted by atomic mass is 10.2. The molecule has 1 unspecified atom stereocenters. The molecule has 2 N–H and O–H groups in total. The maximum Gasteiger partial charge on any atom is 0.244 e. The molecule has 0 radical (unpaired) electrons. The monoisotopic (exact) mass is 184 g/mol. The van der Waals surface area contributed by atoms with Crippen LogP contribution in [-0.2, 0) is 4.79 Å². The van der Waals surface area contributed by atoms with E-state index in [9.17, 15) is 4.79 Å². The van der Waals surface area contributed by atoms with E-state index in [2.05, 4.69) is 18.7 Å². The second-order valence-electron chi connectivity index (χ2n) is 3.44. The number of carbonyl (C=O) groups excluding carboxylic acids is 1. The number of nitrogens with zero attached hydrogens (tertiary/aromatic N) is 1. The molecule has 1 amide bonds. The number of amides is 1. The van der Waals surface area contributed by atoms with Crippen molar-refractivity contribution in [2.45, 2.75) is 33.2 Å². The fourth-order valence-corrected chi connectivity index (χ4v) is 1.13. The average Bonchev–Trinajstić information content (AvgIpc) is 2.04. The summed E-state index contributed by atoms with van der Waals surface area (Å²) in [6.45, 7) is 6.97. The Hall–Kier alpha value is -0.830. The van der Waals surface area contributed by atoms with E-state index >= 15 is 0 Å². The van der Waals surface area contributed by atoms with Gasteiger partial charge in [-0.05, 0) is 33.9 Å². The number of carbonyl (C=O) groups is 1. The van der Waals surface area contributed by atoms with E-state index in [1.54, 1.807) is 6.92 Å². The zero-order valence-electron chi connectivity index (χ0n) is 9.00. The van der Waals surface area contributed by atoms with Crippen molar-refractivity contribution in [1.82, 2.24) is 4.90 Å². The topological polar surface area (TPSA) is 46.3 Å². The molecule has 0 aromatic heterocycles. The van der Waals surface area contributed by atoms with E-state index in [4.69, 9.17) is 5.73 Å². The van der Waals surface area contributed by atoms with Crippen LogP contribution in [0, 0.1) is 0 Å². The van der Waals surface area contributed by atoms with Crippen molar-refractivity contribution in [3.8, 4) is 0 Å². The van der Waals surface area contributed by atoms with Gasteiger partial charge in [0.05, 0.1) is 0 Å². The standard InChI is InChI=1S/C10H20N2O/c1-5-6-12(4)9(3)7-8(2)10(11)13/h7,9H,5-6H2,1-4H3,(H2,11,13)/b8-7+. The van der Waals surface area contributed by atoms with Crippen molar-refractivity contribution in [3.63, 3.8) is 0 Å². The molecule has 0 aromatic carbocycles. The molecule has 0 bridgehead atoms. The normalized spacial score (nSPS) is 14.7. The van der Waals surface area contributed by atoms with Gasteiger partial charge in [0, 0.05) is 11.6 Å². The van der Waals surface area contributed by atoms with Crippen molar-refractivity contribution in [1.29, 1.82) is 0 Å². The molecule has 0 aliphatic rings. The van der Waals surface area contributed by atoms with E-state index in [1.807, 2.05) is 13.1 Å². The lowest BCUT2D eigenvalue weighted by Gasteiger charge is -2.21. The first-order chi connectivity index (χ1) is 5.99. The first-order valence-corrected chi connectivity index (χ1v) is 4.67. The molecular formula is C10H20N2O. The molecule has 3 heteroatoms. The first kappa shape index (κ1) is 12.2. The first-order valence-electron chi connectivity index (χ1n) is 4.67. The highest BCUT2D eigenvalue weighted by Crippen LogP contribution is 2.02. The maximum absolute atomic E-state index is 10.8. The zero-order valence-corrected chi connectivity index (χ0v) is 9.00. The molecule has 3 nitrogen and oxygen atoms in total. The van der Waals surface area contributed by atoms with Crippen LogP contribution in [0.1, 0.15) is 27.2 Å². The van der Waals surface area contributed by atoms with Crippen LogP contribution in [0.15, 0.2) is 11.6 Å². The third-order valence-corrected chi connectivity index (χ3v) is 2.15. The van der Waals surface area contributed by atoms with E-state index in [1.165, 1.54) is 0 Å². The summed E-state index contributed by atoms with van der Waals surface area (Å²) >= 11 is 0. The number of primary amides is 1. The molecule has 0 saturated heterocycles. The minimum atomic E-state index is -0.336. The van der Waals surface area contributed by atoms with Crippen LogP contribution in [0.4, 0.5) is 0 Å². The van der Waals surface area contributed by atoms with Gasteiger partial charge >= 0.3 is 0 Å². The van der Waals surface area contributed by atoms with Crippen molar-refractivity contribution in [2.24, 2.45) is 5.73 Å². The quantitative estimate of drug-likeness (QED) is 0.651. The summed E-state index contributed by atoms with van der Waals surface area (Å²) < 4.78 is 0. The van der Waals surface area contributed by atoms with Crippen LogP contribution >= 0.6 is 0 Å². The number of hydrogen-bond acceptors (Lipinski definition) is 2. The lowest BCUT2D eigenvalue weighted by molar-refractivity contribution is -0.114. The molecule has 0 aliphatic carbocycles. The smallest absolute Gasteiger partial charge is 0.244 e. The van der Waals surface area contributed by atoms with Crippen LogP contribution in [0.25, 0.3) is 0 Å². The summed E-state index contributed by atoms with van der Waals surface area (Å²) in [4.78, 5) is 12.9. The van der Waals surface area contributed by atoms with Crippen LogP contribution in [0.5, 0.6) is 0 Å². The molecule has 0 aliphatic heterocycles. The second kappa shape index (κ2) is 5.75. The van der Waals surface area contributed by atoms with Gasteiger partial charge in [0.1, 0.15) is 0 Å². The van der Waals surface area contributed by atoms with Gasteiger partial charge in [-0.25, -0.2) is 0 Å². The number of hydrogen-bond donors (Lipinski definition) is 1. The lowest BCUT2D eigenvalue weighted by Crippen LogP contribution is -2.29. The van der Waals surface area contributed by atoms with Gasteiger partial charge in [-0.3, -0.25) is 4.79 Å². The number of nitrogens with two attached hydrogens (primary N) is 1. The zero-order chi connectivity index (χ0) is 10.4. The Morgan fingerprint density at radius 1 is 1.62 bits per heavy atom. The Kier molecular flexibility index (Phi) is 5.39. The molecule has 0 spiro atoms. The van der Waals surface area contributed by atoms with Crippen LogP contribution in [0.2, 0.25) is 0 Å². The Morgan fingerprint density at radius 2 is 2.15 bits per heavy atom. The molecule has 13 heavy (non-hydrogen) atoms. The Bertz CT molecular complexity index is 199. The third kappa shape index (κ3) is 4.68. The van der Waals surface area contributed by atoms with E-state index < -0.39 is 0 Å². The van der Waals surface area contributed by atoms with Gasteiger partial charge in [-0.15, -0.1) is 0 Å². The molecule has 0 saturated carbocycles. The van der Waals surface area contributed by atoms with E-state index in [0.29, 0.717) is 5.57 Å². The van der Waals surface area contributed by atoms with Crippen LogP contribution in [-0.4, -0.2) is 30.4 Å². The molecule has 0 fully saturated rings. The summed E-state index contributed by atoms with van der Waals surface area (Å²) in [5.74, 6) is -0.336. The highest BCUT2D eigenvalue weighted by molar-refractivity contribution is 5.91. The number of likely N-dealkylation sites (N-methyl/N-ethyl adjacent to an activating group) is 1. The molecule has 0 heterocycles. The van der Waals surface area contributed by atoms with E-state index in [-0.39, 0.29) is 11.9 Å².